The molecular weight excluding hydrogens is 328 g/mol. The summed E-state index contributed by atoms with van der Waals surface area (Å²) in [7, 11) is 0. The van der Waals surface area contributed by atoms with Gasteiger partial charge in [-0.05, 0) is 12.8 Å². The number of nitrogens with zero attached hydrogens (tertiary/aromatic N) is 3. The van der Waals surface area contributed by atoms with Gasteiger partial charge in [0.15, 0.2) is 5.13 Å². The molecule has 1 aromatic rings. The van der Waals surface area contributed by atoms with Gasteiger partial charge in [-0.15, -0.1) is 0 Å². The second-order valence-corrected chi connectivity index (χ2v) is 7.80. The maximum atomic E-state index is 12.2. The Morgan fingerprint density at radius 1 is 1.33 bits per heavy atom. The largest absolute Gasteiger partial charge is 0.375 e. The number of hydrogen-bond acceptors (Lipinski definition) is 6. The van der Waals surface area contributed by atoms with Crippen LogP contribution in [0.25, 0.3) is 0 Å². The van der Waals surface area contributed by atoms with Gasteiger partial charge in [-0.3, -0.25) is 9.59 Å². The number of hydrogen-bond donors (Lipinski definition) is 1. The average molecular weight is 350 g/mol. The van der Waals surface area contributed by atoms with Gasteiger partial charge in [-0.25, -0.2) is 4.98 Å². The van der Waals surface area contributed by atoms with E-state index in [2.05, 4.69) is 4.90 Å². The van der Waals surface area contributed by atoms with Crippen molar-refractivity contribution in [2.45, 2.75) is 38.3 Å². The number of carbonyl (C=O) groups excluding carboxylic acids is 2. The number of nitrogens with two attached hydrogens (primary N) is 1. The van der Waals surface area contributed by atoms with E-state index in [4.69, 9.17) is 15.5 Å². The van der Waals surface area contributed by atoms with Crippen LogP contribution < -0.4 is 10.6 Å². The molecule has 0 bridgehead atoms. The Hall–Kier alpha value is -1.67. The zero-order valence-electron chi connectivity index (χ0n) is 13.6. The smallest absolute Gasteiger partial charge is 0.223 e. The summed E-state index contributed by atoms with van der Waals surface area (Å²) in [4.78, 5) is 33.7. The first-order chi connectivity index (χ1) is 11.6. The van der Waals surface area contributed by atoms with Crippen molar-refractivity contribution in [3.8, 4) is 0 Å². The Morgan fingerprint density at radius 3 is 2.79 bits per heavy atom. The molecule has 0 saturated carbocycles. The highest BCUT2D eigenvalue weighted by Crippen LogP contribution is 2.33. The molecule has 2 amide bonds. The summed E-state index contributed by atoms with van der Waals surface area (Å²) in [6.45, 7) is 3.71. The van der Waals surface area contributed by atoms with E-state index in [9.17, 15) is 9.59 Å². The zero-order valence-corrected chi connectivity index (χ0v) is 14.4. The van der Waals surface area contributed by atoms with E-state index in [1.54, 1.807) is 11.3 Å². The number of aromatic nitrogens is 1. The summed E-state index contributed by atoms with van der Waals surface area (Å²) in [5.74, 6) is -0.612. The van der Waals surface area contributed by atoms with Gasteiger partial charge in [0.05, 0.1) is 29.7 Å². The minimum Gasteiger partial charge on any atom is -0.375 e. The third kappa shape index (κ3) is 2.88. The summed E-state index contributed by atoms with van der Waals surface area (Å²) in [6, 6.07) is 0.219. The predicted molar refractivity (Wildman–Crippen MR) is 89.7 cm³/mol. The highest BCUT2D eigenvalue weighted by molar-refractivity contribution is 7.15. The van der Waals surface area contributed by atoms with Crippen LogP contribution in [0, 0.1) is 5.92 Å². The van der Waals surface area contributed by atoms with Crippen LogP contribution in [-0.2, 0) is 27.4 Å². The van der Waals surface area contributed by atoms with Crippen LogP contribution >= 0.6 is 11.3 Å². The molecule has 24 heavy (non-hydrogen) atoms. The number of rotatable bonds is 3. The fourth-order valence-electron chi connectivity index (χ4n) is 3.79. The van der Waals surface area contributed by atoms with E-state index >= 15 is 0 Å². The number of likely N-dealkylation sites (tertiary alicyclic amines) is 1. The maximum absolute atomic E-state index is 12.2. The van der Waals surface area contributed by atoms with Crippen molar-refractivity contribution in [3.05, 3.63) is 10.6 Å². The molecule has 1 atom stereocenters. The first-order valence-electron chi connectivity index (χ1n) is 8.52. The minimum atomic E-state index is -0.362. The highest BCUT2D eigenvalue weighted by Gasteiger charge is 2.38. The molecule has 130 valence electrons. The molecule has 3 aliphatic rings. The Bertz CT molecular complexity index is 630. The van der Waals surface area contributed by atoms with E-state index in [1.165, 1.54) is 10.6 Å². The molecule has 2 saturated heterocycles. The van der Waals surface area contributed by atoms with Crippen LogP contribution in [0.2, 0.25) is 0 Å². The molecule has 8 heteroatoms. The summed E-state index contributed by atoms with van der Waals surface area (Å²) in [5.41, 5.74) is 6.54. The SMILES string of the molecule is NC(=O)C1CC(=O)N(C2CCN(c3nc4c(s3)COCC4)CC2)C1. The van der Waals surface area contributed by atoms with Crippen molar-refractivity contribution in [2.24, 2.45) is 11.7 Å². The van der Waals surface area contributed by atoms with E-state index < -0.39 is 0 Å². The normalized spacial score (nSPS) is 25.2. The Labute approximate surface area is 144 Å². The van der Waals surface area contributed by atoms with Crippen molar-refractivity contribution in [1.29, 1.82) is 0 Å². The first kappa shape index (κ1) is 15.8. The minimum absolute atomic E-state index is 0.0686. The second-order valence-electron chi connectivity index (χ2n) is 6.74. The average Bonchev–Trinajstić information content (AvgIpc) is 3.18. The van der Waals surface area contributed by atoms with Gasteiger partial charge in [0.25, 0.3) is 0 Å². The molecule has 7 nitrogen and oxygen atoms in total. The van der Waals surface area contributed by atoms with E-state index in [0.717, 1.165) is 44.1 Å². The Morgan fingerprint density at radius 2 is 2.12 bits per heavy atom. The van der Waals surface area contributed by atoms with Gasteiger partial charge >= 0.3 is 0 Å². The Kier molecular flexibility index (Phi) is 4.17. The molecule has 4 heterocycles. The van der Waals surface area contributed by atoms with Gasteiger partial charge in [0, 0.05) is 38.5 Å². The van der Waals surface area contributed by atoms with Crippen molar-refractivity contribution < 1.29 is 14.3 Å². The fourth-order valence-corrected chi connectivity index (χ4v) is 4.89. The van der Waals surface area contributed by atoms with Crippen LogP contribution in [-0.4, -0.2) is 54.0 Å². The molecule has 4 rings (SSSR count). The third-order valence-corrected chi connectivity index (χ3v) is 6.35. The lowest BCUT2D eigenvalue weighted by Gasteiger charge is -2.36. The summed E-state index contributed by atoms with van der Waals surface area (Å²) >= 11 is 1.73. The van der Waals surface area contributed by atoms with Gasteiger partial charge in [0.1, 0.15) is 0 Å². The number of thiazole rings is 1. The molecule has 0 aliphatic carbocycles. The van der Waals surface area contributed by atoms with E-state index in [0.29, 0.717) is 13.2 Å². The van der Waals surface area contributed by atoms with Gasteiger partial charge in [-0.1, -0.05) is 11.3 Å². The molecule has 3 aliphatic heterocycles. The second kappa shape index (κ2) is 6.33. The monoisotopic (exact) mass is 350 g/mol. The fraction of sp³-hybridized carbons (Fsp3) is 0.688. The first-order valence-corrected chi connectivity index (χ1v) is 9.33. The predicted octanol–water partition coefficient (Wildman–Crippen LogP) is 0.518. The lowest BCUT2D eigenvalue weighted by Crippen LogP contribution is -2.46. The lowest BCUT2D eigenvalue weighted by atomic mass is 10.0. The molecule has 1 aromatic heterocycles. The summed E-state index contributed by atoms with van der Waals surface area (Å²) in [6.07, 6.45) is 3.00. The number of fused-ring (bicyclic) bond motifs is 1. The molecule has 2 N–H and O–H groups in total. The van der Waals surface area contributed by atoms with Crippen LogP contribution in [0.4, 0.5) is 5.13 Å². The van der Waals surface area contributed by atoms with Gasteiger partial charge in [-0.2, -0.15) is 0 Å². The molecular formula is C16H22N4O3S. The molecule has 0 spiro atoms. The van der Waals surface area contributed by atoms with E-state index in [1.807, 2.05) is 4.90 Å². The maximum Gasteiger partial charge on any atom is 0.223 e. The topological polar surface area (TPSA) is 88.8 Å². The van der Waals surface area contributed by atoms with Crippen molar-refractivity contribution in [2.75, 3.05) is 31.1 Å². The summed E-state index contributed by atoms with van der Waals surface area (Å²) < 4.78 is 5.49. The van der Waals surface area contributed by atoms with Crippen LogP contribution in [0.1, 0.15) is 29.8 Å². The zero-order chi connectivity index (χ0) is 16.7. The number of piperidine rings is 1. The number of primary amides is 1. The number of carbonyl (C=O) groups is 2. The molecule has 0 aromatic carbocycles. The highest BCUT2D eigenvalue weighted by atomic mass is 32.1. The Balaban J connectivity index is 1.37. The standard InChI is InChI=1S/C16H22N4O3S/c17-15(22)10-7-14(21)20(8-10)11-1-4-19(5-2-11)16-18-12-3-6-23-9-13(12)24-16/h10-11H,1-9H2,(H2,17,22). The third-order valence-electron chi connectivity index (χ3n) is 5.22. The number of anilines is 1. The molecule has 0 radical (unpaired) electrons. The van der Waals surface area contributed by atoms with Crippen molar-refractivity contribution in [3.63, 3.8) is 0 Å². The molecule has 2 fully saturated rings. The van der Waals surface area contributed by atoms with Gasteiger partial charge in [0.2, 0.25) is 11.8 Å². The van der Waals surface area contributed by atoms with Crippen LogP contribution in [0.5, 0.6) is 0 Å². The van der Waals surface area contributed by atoms with Crippen LogP contribution in [0.3, 0.4) is 0 Å². The summed E-state index contributed by atoms with van der Waals surface area (Å²) in [5, 5.41) is 1.08. The van der Waals surface area contributed by atoms with E-state index in [-0.39, 0.29) is 30.2 Å². The number of amides is 2. The van der Waals surface area contributed by atoms with Crippen molar-refractivity contribution in [1.82, 2.24) is 9.88 Å². The lowest BCUT2D eigenvalue weighted by molar-refractivity contribution is -0.130. The number of ether oxygens (including phenoxy) is 1. The quantitative estimate of drug-likeness (QED) is 0.858. The van der Waals surface area contributed by atoms with Crippen LogP contribution in [0.15, 0.2) is 0 Å². The van der Waals surface area contributed by atoms with Crippen molar-refractivity contribution >= 4 is 28.3 Å². The van der Waals surface area contributed by atoms with Gasteiger partial charge < -0.3 is 20.3 Å². The molecule has 1 unspecified atom stereocenters.